The third-order valence-corrected chi connectivity index (χ3v) is 3.31. The molecule has 6 nitrogen and oxygen atoms in total. The zero-order valence-corrected chi connectivity index (χ0v) is 13.7. The SMILES string of the molecule is CCCCC(=O)Nc1ccc(Nc2cc(C)ccc2OC)nn1. The Kier molecular flexibility index (Phi) is 5.91. The minimum Gasteiger partial charge on any atom is -0.495 e. The van der Waals surface area contributed by atoms with E-state index in [1.54, 1.807) is 19.2 Å². The van der Waals surface area contributed by atoms with Crippen LogP contribution in [0.4, 0.5) is 17.3 Å². The second-order valence-corrected chi connectivity index (χ2v) is 5.28. The summed E-state index contributed by atoms with van der Waals surface area (Å²) in [4.78, 5) is 11.7. The van der Waals surface area contributed by atoms with Crippen molar-refractivity contribution in [2.45, 2.75) is 33.1 Å². The van der Waals surface area contributed by atoms with E-state index in [0.29, 0.717) is 18.1 Å². The van der Waals surface area contributed by atoms with Crippen molar-refractivity contribution in [2.75, 3.05) is 17.7 Å². The predicted molar refractivity (Wildman–Crippen MR) is 91.2 cm³/mol. The smallest absolute Gasteiger partial charge is 0.225 e. The fourth-order valence-electron chi connectivity index (χ4n) is 2.07. The number of hydrogen-bond acceptors (Lipinski definition) is 5. The van der Waals surface area contributed by atoms with Crippen LogP contribution in [0, 0.1) is 6.92 Å². The molecule has 2 rings (SSSR count). The van der Waals surface area contributed by atoms with Crippen LogP contribution in [0.3, 0.4) is 0 Å². The fourth-order valence-corrected chi connectivity index (χ4v) is 2.07. The van der Waals surface area contributed by atoms with Crippen molar-refractivity contribution in [3.05, 3.63) is 35.9 Å². The Balaban J connectivity index is 2.03. The molecule has 6 heteroatoms. The summed E-state index contributed by atoms with van der Waals surface area (Å²) in [5, 5.41) is 14.0. The van der Waals surface area contributed by atoms with Gasteiger partial charge in [-0.05, 0) is 43.2 Å². The highest BCUT2D eigenvalue weighted by atomic mass is 16.5. The highest BCUT2D eigenvalue weighted by Crippen LogP contribution is 2.27. The molecule has 0 saturated carbocycles. The van der Waals surface area contributed by atoms with E-state index in [1.807, 2.05) is 32.0 Å². The molecule has 1 heterocycles. The predicted octanol–water partition coefficient (Wildman–Crippen LogP) is 3.67. The Morgan fingerprint density at radius 2 is 1.91 bits per heavy atom. The van der Waals surface area contributed by atoms with E-state index in [9.17, 15) is 4.79 Å². The number of nitrogens with one attached hydrogen (secondary N) is 2. The largest absolute Gasteiger partial charge is 0.495 e. The molecule has 0 aliphatic heterocycles. The quantitative estimate of drug-likeness (QED) is 0.815. The molecule has 2 aromatic rings. The number of carbonyl (C=O) groups is 1. The first kappa shape index (κ1) is 16.7. The Hall–Kier alpha value is -2.63. The molecule has 0 radical (unpaired) electrons. The molecule has 0 fully saturated rings. The van der Waals surface area contributed by atoms with Crippen molar-refractivity contribution in [1.29, 1.82) is 0 Å². The second-order valence-electron chi connectivity index (χ2n) is 5.28. The average molecular weight is 314 g/mol. The Bertz CT molecular complexity index is 656. The van der Waals surface area contributed by atoms with Gasteiger partial charge in [0.1, 0.15) is 5.75 Å². The summed E-state index contributed by atoms with van der Waals surface area (Å²) in [5.41, 5.74) is 1.93. The monoisotopic (exact) mass is 314 g/mol. The average Bonchev–Trinajstić information content (AvgIpc) is 2.55. The van der Waals surface area contributed by atoms with Crippen molar-refractivity contribution in [1.82, 2.24) is 10.2 Å². The molecule has 0 spiro atoms. The van der Waals surface area contributed by atoms with Crippen molar-refractivity contribution >= 4 is 23.2 Å². The Morgan fingerprint density at radius 3 is 2.57 bits per heavy atom. The Labute approximate surface area is 136 Å². The lowest BCUT2D eigenvalue weighted by Crippen LogP contribution is -2.12. The van der Waals surface area contributed by atoms with Gasteiger partial charge in [0, 0.05) is 6.42 Å². The number of nitrogens with zero attached hydrogens (tertiary/aromatic N) is 2. The van der Waals surface area contributed by atoms with Gasteiger partial charge in [-0.2, -0.15) is 0 Å². The van der Waals surface area contributed by atoms with E-state index < -0.39 is 0 Å². The van der Waals surface area contributed by atoms with Crippen molar-refractivity contribution in [3.63, 3.8) is 0 Å². The second kappa shape index (κ2) is 8.12. The number of unbranched alkanes of at least 4 members (excludes halogenated alkanes) is 1. The summed E-state index contributed by atoms with van der Waals surface area (Å²) >= 11 is 0. The van der Waals surface area contributed by atoms with E-state index in [4.69, 9.17) is 4.74 Å². The van der Waals surface area contributed by atoms with Gasteiger partial charge in [0.15, 0.2) is 11.6 Å². The van der Waals surface area contributed by atoms with E-state index in [0.717, 1.165) is 29.8 Å². The summed E-state index contributed by atoms with van der Waals surface area (Å²) < 4.78 is 5.32. The van der Waals surface area contributed by atoms with Gasteiger partial charge in [0.25, 0.3) is 0 Å². The van der Waals surface area contributed by atoms with Crippen LogP contribution in [0.5, 0.6) is 5.75 Å². The molecule has 23 heavy (non-hydrogen) atoms. The lowest BCUT2D eigenvalue weighted by atomic mass is 10.2. The van der Waals surface area contributed by atoms with Crippen LogP contribution in [-0.2, 0) is 4.79 Å². The van der Waals surface area contributed by atoms with E-state index >= 15 is 0 Å². The first-order valence-electron chi connectivity index (χ1n) is 7.67. The summed E-state index contributed by atoms with van der Waals surface area (Å²) in [5.74, 6) is 1.73. The van der Waals surface area contributed by atoms with Crippen molar-refractivity contribution in [3.8, 4) is 5.75 Å². The van der Waals surface area contributed by atoms with Crippen LogP contribution in [0.15, 0.2) is 30.3 Å². The van der Waals surface area contributed by atoms with Crippen molar-refractivity contribution in [2.24, 2.45) is 0 Å². The number of anilines is 3. The van der Waals surface area contributed by atoms with Crippen LogP contribution >= 0.6 is 0 Å². The lowest BCUT2D eigenvalue weighted by Gasteiger charge is -2.11. The number of ether oxygens (including phenoxy) is 1. The normalized spacial score (nSPS) is 10.2. The molecule has 0 aliphatic carbocycles. The molecule has 0 bridgehead atoms. The molecule has 0 saturated heterocycles. The van der Waals surface area contributed by atoms with Crippen LogP contribution in [-0.4, -0.2) is 23.2 Å². The summed E-state index contributed by atoms with van der Waals surface area (Å²) in [7, 11) is 1.62. The van der Waals surface area contributed by atoms with Crippen LogP contribution < -0.4 is 15.4 Å². The summed E-state index contributed by atoms with van der Waals surface area (Å²) in [6, 6.07) is 9.34. The lowest BCUT2D eigenvalue weighted by molar-refractivity contribution is -0.116. The number of benzene rings is 1. The molecule has 1 aromatic heterocycles. The Morgan fingerprint density at radius 1 is 1.17 bits per heavy atom. The molecule has 1 aromatic carbocycles. The third kappa shape index (κ3) is 4.95. The van der Waals surface area contributed by atoms with Gasteiger partial charge in [-0.25, -0.2) is 0 Å². The highest BCUT2D eigenvalue weighted by molar-refractivity contribution is 5.89. The number of methoxy groups -OCH3 is 1. The van der Waals surface area contributed by atoms with Gasteiger partial charge in [-0.15, -0.1) is 10.2 Å². The van der Waals surface area contributed by atoms with Crippen LogP contribution in [0.1, 0.15) is 31.7 Å². The van der Waals surface area contributed by atoms with Gasteiger partial charge in [0.2, 0.25) is 5.91 Å². The van der Waals surface area contributed by atoms with Gasteiger partial charge in [0.05, 0.1) is 12.8 Å². The maximum Gasteiger partial charge on any atom is 0.225 e. The molecule has 0 atom stereocenters. The number of carbonyl (C=O) groups excluding carboxylic acids is 1. The first-order chi connectivity index (χ1) is 11.1. The number of aryl methyl sites for hydroxylation is 1. The van der Waals surface area contributed by atoms with Gasteiger partial charge < -0.3 is 15.4 Å². The molecule has 0 aliphatic rings. The van der Waals surface area contributed by atoms with E-state index in [1.165, 1.54) is 0 Å². The van der Waals surface area contributed by atoms with E-state index in [2.05, 4.69) is 20.8 Å². The van der Waals surface area contributed by atoms with Gasteiger partial charge >= 0.3 is 0 Å². The van der Waals surface area contributed by atoms with Gasteiger partial charge in [-0.3, -0.25) is 4.79 Å². The number of amides is 1. The van der Waals surface area contributed by atoms with Gasteiger partial charge in [-0.1, -0.05) is 19.4 Å². The standard InChI is InChI=1S/C17H22N4O2/c1-4-5-6-17(22)19-16-10-9-15(20-21-16)18-13-11-12(2)7-8-14(13)23-3/h7-11H,4-6H2,1-3H3,(H,18,20)(H,19,21,22). The third-order valence-electron chi connectivity index (χ3n) is 3.31. The molecule has 122 valence electrons. The number of hydrogen-bond donors (Lipinski definition) is 2. The fraction of sp³-hybridized carbons (Fsp3) is 0.353. The number of rotatable bonds is 7. The summed E-state index contributed by atoms with van der Waals surface area (Å²) in [6.45, 7) is 4.05. The van der Waals surface area contributed by atoms with E-state index in [-0.39, 0.29) is 5.91 Å². The minimum atomic E-state index is -0.0396. The minimum absolute atomic E-state index is 0.0396. The maximum atomic E-state index is 11.7. The zero-order valence-electron chi connectivity index (χ0n) is 13.7. The molecule has 1 amide bonds. The zero-order chi connectivity index (χ0) is 16.7. The van der Waals surface area contributed by atoms with Crippen LogP contribution in [0.25, 0.3) is 0 Å². The van der Waals surface area contributed by atoms with Crippen LogP contribution in [0.2, 0.25) is 0 Å². The molecular weight excluding hydrogens is 292 g/mol. The van der Waals surface area contributed by atoms with Crippen molar-refractivity contribution < 1.29 is 9.53 Å². The molecule has 2 N–H and O–H groups in total. The topological polar surface area (TPSA) is 76.1 Å². The highest BCUT2D eigenvalue weighted by Gasteiger charge is 2.06. The summed E-state index contributed by atoms with van der Waals surface area (Å²) in [6.07, 6.45) is 2.35. The first-order valence-corrected chi connectivity index (χ1v) is 7.67. The number of aromatic nitrogens is 2. The molecule has 0 unspecified atom stereocenters. The molecular formula is C17H22N4O2. The maximum absolute atomic E-state index is 11.7.